The van der Waals surface area contributed by atoms with Gasteiger partial charge in [0.1, 0.15) is 0 Å². The Bertz CT molecular complexity index is 680. The van der Waals surface area contributed by atoms with Crippen molar-refractivity contribution in [3.05, 3.63) is 24.3 Å². The van der Waals surface area contributed by atoms with E-state index < -0.39 is 10.0 Å². The Morgan fingerprint density at radius 3 is 2.74 bits per heavy atom. The number of thioether (sulfide) groups is 1. The van der Waals surface area contributed by atoms with Gasteiger partial charge < -0.3 is 0 Å². The number of thiazole rings is 1. The van der Waals surface area contributed by atoms with Crippen molar-refractivity contribution in [1.82, 2.24) is 9.29 Å². The van der Waals surface area contributed by atoms with E-state index in [1.807, 2.05) is 18.2 Å². The van der Waals surface area contributed by atoms with Crippen molar-refractivity contribution in [2.24, 2.45) is 0 Å². The van der Waals surface area contributed by atoms with Crippen molar-refractivity contribution in [1.29, 1.82) is 0 Å². The number of nitrogens with zero attached hydrogens (tertiary/aromatic N) is 2. The van der Waals surface area contributed by atoms with Crippen LogP contribution in [0.3, 0.4) is 0 Å². The molecule has 2 aromatic rings. The lowest BCUT2D eigenvalue weighted by atomic mass is 10.2. The Morgan fingerprint density at radius 2 is 2.00 bits per heavy atom. The molecule has 0 bridgehead atoms. The molecule has 0 saturated carbocycles. The molecular weight excluding hydrogens is 348 g/mol. The maximum atomic E-state index is 12.2. The van der Waals surface area contributed by atoms with Gasteiger partial charge in [0.15, 0.2) is 4.34 Å². The quantitative estimate of drug-likeness (QED) is 0.462. The molecule has 4 nitrogen and oxygen atoms in total. The summed E-state index contributed by atoms with van der Waals surface area (Å²) >= 11 is 3.31. The Morgan fingerprint density at radius 1 is 1.22 bits per heavy atom. The lowest BCUT2D eigenvalue weighted by Gasteiger charge is -2.16. The van der Waals surface area contributed by atoms with Crippen LogP contribution in [0.1, 0.15) is 32.6 Å². The molecule has 7 heteroatoms. The van der Waals surface area contributed by atoms with E-state index in [4.69, 9.17) is 0 Å². The summed E-state index contributed by atoms with van der Waals surface area (Å²) in [5.74, 6) is 0.995. The highest BCUT2D eigenvalue weighted by molar-refractivity contribution is 8.01. The van der Waals surface area contributed by atoms with E-state index in [2.05, 4.69) is 18.0 Å². The monoisotopic (exact) mass is 372 g/mol. The molecule has 0 amide bonds. The first-order valence-electron chi connectivity index (χ1n) is 7.95. The van der Waals surface area contributed by atoms with E-state index in [0.717, 1.165) is 34.9 Å². The van der Waals surface area contributed by atoms with Crippen molar-refractivity contribution < 1.29 is 8.42 Å². The highest BCUT2D eigenvalue weighted by Gasteiger charge is 2.16. The zero-order chi connectivity index (χ0) is 16.7. The average Bonchev–Trinajstić information content (AvgIpc) is 2.94. The minimum absolute atomic E-state index is 0.216. The lowest BCUT2D eigenvalue weighted by Crippen LogP contribution is -2.30. The van der Waals surface area contributed by atoms with Crippen molar-refractivity contribution in [2.75, 3.05) is 25.1 Å². The molecule has 1 aromatic carbocycles. The Labute approximate surface area is 147 Å². The number of hydrogen-bond donors (Lipinski definition) is 0. The summed E-state index contributed by atoms with van der Waals surface area (Å²) in [5, 5.41) is 0. The molecule has 0 N–H and O–H groups in total. The highest BCUT2D eigenvalue weighted by Crippen LogP contribution is 2.29. The first-order valence-corrected chi connectivity index (χ1v) is 11.4. The van der Waals surface area contributed by atoms with Gasteiger partial charge in [-0.25, -0.2) is 17.7 Å². The molecule has 0 aliphatic rings. The second kappa shape index (κ2) is 9.01. The molecule has 128 valence electrons. The minimum atomic E-state index is -3.12. The normalized spacial score (nSPS) is 12.3. The topological polar surface area (TPSA) is 50.3 Å². The lowest BCUT2D eigenvalue weighted by molar-refractivity contribution is 0.454. The smallest absolute Gasteiger partial charge is 0.213 e. The number of benzene rings is 1. The Hall–Kier alpha value is -0.630. The van der Waals surface area contributed by atoms with Crippen LogP contribution in [0.2, 0.25) is 0 Å². The molecule has 0 radical (unpaired) electrons. The predicted octanol–water partition coefficient (Wildman–Crippen LogP) is 4.23. The van der Waals surface area contributed by atoms with Gasteiger partial charge in [-0.2, -0.15) is 0 Å². The van der Waals surface area contributed by atoms with Crippen LogP contribution in [0.4, 0.5) is 0 Å². The molecule has 1 aromatic heterocycles. The van der Waals surface area contributed by atoms with E-state index in [1.165, 1.54) is 9.01 Å². The van der Waals surface area contributed by atoms with E-state index in [1.54, 1.807) is 30.1 Å². The standard InChI is InChI=1S/C16H24N2O2S3/c1-3-4-7-11-18(2)23(19,20)13-8-12-21-16-17-14-9-5-6-10-15(14)22-16/h5-6,9-10H,3-4,7-8,11-13H2,1-2H3. The van der Waals surface area contributed by atoms with Crippen molar-refractivity contribution in [3.63, 3.8) is 0 Å². The second-order valence-electron chi connectivity index (χ2n) is 5.49. The molecular formula is C16H24N2O2S3. The number of rotatable bonds is 10. The van der Waals surface area contributed by atoms with Crippen LogP contribution >= 0.6 is 23.1 Å². The van der Waals surface area contributed by atoms with Gasteiger partial charge in [-0.15, -0.1) is 11.3 Å². The first kappa shape index (κ1) is 18.7. The molecule has 0 aliphatic heterocycles. The third-order valence-electron chi connectivity index (χ3n) is 3.60. The van der Waals surface area contributed by atoms with Crippen LogP contribution < -0.4 is 0 Å². The fourth-order valence-electron chi connectivity index (χ4n) is 2.19. The van der Waals surface area contributed by atoms with E-state index >= 15 is 0 Å². The summed E-state index contributed by atoms with van der Waals surface area (Å²) in [6.45, 7) is 2.74. The van der Waals surface area contributed by atoms with E-state index in [9.17, 15) is 8.42 Å². The SMILES string of the molecule is CCCCCN(C)S(=O)(=O)CCCSc1nc2ccccc2s1. The van der Waals surface area contributed by atoms with Gasteiger partial charge in [0.25, 0.3) is 0 Å². The predicted molar refractivity (Wildman–Crippen MR) is 101 cm³/mol. The maximum Gasteiger partial charge on any atom is 0.213 e. The van der Waals surface area contributed by atoms with Gasteiger partial charge in [-0.1, -0.05) is 43.7 Å². The molecule has 0 spiro atoms. The van der Waals surface area contributed by atoms with Crippen LogP contribution in [0, 0.1) is 0 Å². The second-order valence-corrected chi connectivity index (χ2v) is 10.1. The van der Waals surface area contributed by atoms with Gasteiger partial charge in [0.2, 0.25) is 10.0 Å². The summed E-state index contributed by atoms with van der Waals surface area (Å²) in [6.07, 6.45) is 3.77. The molecule has 0 unspecified atom stereocenters. The van der Waals surface area contributed by atoms with Crippen molar-refractivity contribution >= 4 is 43.3 Å². The number of para-hydroxylation sites is 1. The van der Waals surface area contributed by atoms with Gasteiger partial charge in [-0.05, 0) is 25.0 Å². The van der Waals surface area contributed by atoms with Crippen molar-refractivity contribution in [2.45, 2.75) is 36.9 Å². The van der Waals surface area contributed by atoms with Crippen LogP contribution in [0.5, 0.6) is 0 Å². The Balaban J connectivity index is 1.75. The van der Waals surface area contributed by atoms with Crippen LogP contribution in [0.25, 0.3) is 10.2 Å². The van der Waals surface area contributed by atoms with Gasteiger partial charge in [0.05, 0.1) is 16.0 Å². The summed E-state index contributed by atoms with van der Waals surface area (Å²) in [4.78, 5) is 4.55. The van der Waals surface area contributed by atoms with Crippen LogP contribution in [-0.2, 0) is 10.0 Å². The third kappa shape index (κ3) is 5.74. The summed E-state index contributed by atoms with van der Waals surface area (Å²) in [5.41, 5.74) is 1.02. The number of hydrogen-bond acceptors (Lipinski definition) is 5. The van der Waals surface area contributed by atoms with Crippen LogP contribution in [-0.4, -0.2) is 42.8 Å². The largest absolute Gasteiger partial charge is 0.230 e. The number of sulfonamides is 1. The fraction of sp³-hybridized carbons (Fsp3) is 0.562. The van der Waals surface area contributed by atoms with E-state index in [0.29, 0.717) is 13.0 Å². The van der Waals surface area contributed by atoms with E-state index in [-0.39, 0.29) is 5.75 Å². The van der Waals surface area contributed by atoms with Crippen molar-refractivity contribution in [3.8, 4) is 0 Å². The Kier molecular flexibility index (Phi) is 7.33. The fourth-order valence-corrected chi connectivity index (χ4v) is 5.68. The van der Waals surface area contributed by atoms with Gasteiger partial charge in [-0.3, -0.25) is 0 Å². The molecule has 0 atom stereocenters. The number of unbranched alkanes of at least 4 members (excludes halogenated alkanes) is 2. The molecule has 2 rings (SSSR count). The molecule has 0 aliphatic carbocycles. The molecule has 0 saturated heterocycles. The maximum absolute atomic E-state index is 12.2. The zero-order valence-corrected chi connectivity index (χ0v) is 16.1. The minimum Gasteiger partial charge on any atom is -0.230 e. The summed E-state index contributed by atoms with van der Waals surface area (Å²) in [7, 11) is -1.43. The number of fused-ring (bicyclic) bond motifs is 1. The number of aromatic nitrogens is 1. The molecule has 0 fully saturated rings. The molecule has 23 heavy (non-hydrogen) atoms. The zero-order valence-electron chi connectivity index (χ0n) is 13.7. The summed E-state index contributed by atoms with van der Waals surface area (Å²) in [6, 6.07) is 8.06. The first-order chi connectivity index (χ1) is 11.0. The summed E-state index contributed by atoms with van der Waals surface area (Å²) < 4.78 is 28.1. The molecule has 1 heterocycles. The van der Waals surface area contributed by atoms with Crippen LogP contribution in [0.15, 0.2) is 28.6 Å². The third-order valence-corrected chi connectivity index (χ3v) is 7.80. The highest BCUT2D eigenvalue weighted by atomic mass is 32.2. The van der Waals surface area contributed by atoms with Gasteiger partial charge in [0, 0.05) is 19.3 Å². The van der Waals surface area contributed by atoms with Gasteiger partial charge >= 0.3 is 0 Å². The average molecular weight is 373 g/mol.